The number of carbonyl (C=O) groups excluding carboxylic acids is 1. The van der Waals surface area contributed by atoms with E-state index in [9.17, 15) is 13.2 Å². The molecule has 0 heterocycles. The second kappa shape index (κ2) is 8.33. The van der Waals surface area contributed by atoms with Gasteiger partial charge < -0.3 is 10.1 Å². The molecule has 1 amide bonds. The Bertz CT molecular complexity index is 872. The number of nitrogens with one attached hydrogen (secondary N) is 1. The molecular weight excluding hydrogens is 352 g/mol. The molecule has 2 rings (SSSR count). The van der Waals surface area contributed by atoms with Gasteiger partial charge in [-0.1, -0.05) is 36.4 Å². The molecule has 0 unspecified atom stereocenters. The molecule has 0 saturated heterocycles. The highest BCUT2D eigenvalue weighted by atomic mass is 32.2. The van der Waals surface area contributed by atoms with Crippen molar-refractivity contribution in [1.29, 1.82) is 0 Å². The number of sulfonamides is 1. The predicted molar refractivity (Wildman–Crippen MR) is 101 cm³/mol. The van der Waals surface area contributed by atoms with E-state index in [2.05, 4.69) is 5.32 Å². The Morgan fingerprint density at radius 1 is 1.04 bits per heavy atom. The summed E-state index contributed by atoms with van der Waals surface area (Å²) >= 11 is 0. The van der Waals surface area contributed by atoms with Crippen molar-refractivity contribution >= 4 is 15.9 Å². The summed E-state index contributed by atoms with van der Waals surface area (Å²) in [5.74, 6) is 0.378. The second-order valence-electron chi connectivity index (χ2n) is 6.18. The van der Waals surface area contributed by atoms with Gasteiger partial charge in [0.25, 0.3) is 5.91 Å². The fraction of sp³-hybridized carbons (Fsp3) is 0.316. The van der Waals surface area contributed by atoms with E-state index in [4.69, 9.17) is 4.74 Å². The van der Waals surface area contributed by atoms with Crippen molar-refractivity contribution in [2.45, 2.75) is 25.3 Å². The highest BCUT2D eigenvalue weighted by Crippen LogP contribution is 2.22. The first-order valence-electron chi connectivity index (χ1n) is 8.19. The molecule has 0 atom stereocenters. The third-order valence-corrected chi connectivity index (χ3v) is 5.88. The largest absolute Gasteiger partial charge is 0.483 e. The quantitative estimate of drug-likeness (QED) is 0.804. The van der Waals surface area contributed by atoms with Crippen LogP contribution in [0.5, 0.6) is 5.75 Å². The molecular formula is C19H24N2O4S. The summed E-state index contributed by atoms with van der Waals surface area (Å²) in [6.07, 6.45) is 0. The van der Waals surface area contributed by atoms with Crippen LogP contribution in [-0.2, 0) is 21.4 Å². The SMILES string of the molecule is Cc1cccc(C)c1OCC(=O)NCc1ccccc1S(=O)(=O)N(C)C. The normalized spacial score (nSPS) is 11.4. The number of benzene rings is 2. The lowest BCUT2D eigenvalue weighted by atomic mass is 10.1. The number of para-hydroxylation sites is 1. The van der Waals surface area contributed by atoms with Gasteiger partial charge >= 0.3 is 0 Å². The Labute approximate surface area is 154 Å². The van der Waals surface area contributed by atoms with Gasteiger partial charge in [-0.15, -0.1) is 0 Å². The van der Waals surface area contributed by atoms with Gasteiger partial charge in [0.2, 0.25) is 10.0 Å². The Balaban J connectivity index is 2.03. The molecule has 0 spiro atoms. The number of aryl methyl sites for hydroxylation is 2. The Morgan fingerprint density at radius 2 is 1.65 bits per heavy atom. The first-order valence-corrected chi connectivity index (χ1v) is 9.63. The monoisotopic (exact) mass is 376 g/mol. The number of ether oxygens (including phenoxy) is 1. The van der Waals surface area contributed by atoms with E-state index in [0.29, 0.717) is 11.3 Å². The van der Waals surface area contributed by atoms with E-state index in [1.807, 2.05) is 32.0 Å². The highest BCUT2D eigenvalue weighted by Gasteiger charge is 2.20. The van der Waals surface area contributed by atoms with Gasteiger partial charge in [-0.05, 0) is 36.6 Å². The topological polar surface area (TPSA) is 75.7 Å². The molecule has 0 aromatic heterocycles. The molecule has 2 aromatic carbocycles. The van der Waals surface area contributed by atoms with Crippen LogP contribution in [0.4, 0.5) is 0 Å². The summed E-state index contributed by atoms with van der Waals surface area (Å²) in [6, 6.07) is 12.4. The van der Waals surface area contributed by atoms with E-state index in [-0.39, 0.29) is 24.0 Å². The van der Waals surface area contributed by atoms with Crippen LogP contribution in [-0.4, -0.2) is 39.3 Å². The lowest BCUT2D eigenvalue weighted by Crippen LogP contribution is -2.30. The molecule has 0 radical (unpaired) electrons. The predicted octanol–water partition coefficient (Wildman–Crippen LogP) is 2.25. The molecule has 0 aliphatic carbocycles. The molecule has 0 aliphatic rings. The molecule has 1 N–H and O–H groups in total. The highest BCUT2D eigenvalue weighted by molar-refractivity contribution is 7.89. The summed E-state index contributed by atoms with van der Waals surface area (Å²) < 4.78 is 31.5. The van der Waals surface area contributed by atoms with Gasteiger partial charge in [-0.25, -0.2) is 12.7 Å². The molecule has 140 valence electrons. The first kappa shape index (κ1) is 19.9. The summed E-state index contributed by atoms with van der Waals surface area (Å²) in [5, 5.41) is 2.71. The Morgan fingerprint density at radius 3 is 2.27 bits per heavy atom. The summed E-state index contributed by atoms with van der Waals surface area (Å²) in [7, 11) is -0.621. The van der Waals surface area contributed by atoms with E-state index >= 15 is 0 Å². The van der Waals surface area contributed by atoms with Crippen LogP contribution in [0.1, 0.15) is 16.7 Å². The van der Waals surface area contributed by atoms with Crippen molar-refractivity contribution in [3.63, 3.8) is 0 Å². The van der Waals surface area contributed by atoms with E-state index in [0.717, 1.165) is 15.4 Å². The van der Waals surface area contributed by atoms with Gasteiger partial charge in [0, 0.05) is 20.6 Å². The molecule has 2 aromatic rings. The maximum absolute atomic E-state index is 12.4. The summed E-state index contributed by atoms with van der Waals surface area (Å²) in [5.41, 5.74) is 2.45. The lowest BCUT2D eigenvalue weighted by Gasteiger charge is -2.16. The van der Waals surface area contributed by atoms with Crippen molar-refractivity contribution in [2.24, 2.45) is 0 Å². The van der Waals surface area contributed by atoms with Crippen LogP contribution in [0, 0.1) is 13.8 Å². The zero-order valence-electron chi connectivity index (χ0n) is 15.4. The van der Waals surface area contributed by atoms with Crippen LogP contribution < -0.4 is 10.1 Å². The molecule has 0 aliphatic heterocycles. The fourth-order valence-electron chi connectivity index (χ4n) is 2.51. The molecule has 6 nitrogen and oxygen atoms in total. The van der Waals surface area contributed by atoms with Crippen LogP contribution in [0.3, 0.4) is 0 Å². The minimum absolute atomic E-state index is 0.109. The van der Waals surface area contributed by atoms with Crippen molar-refractivity contribution in [3.05, 3.63) is 59.2 Å². The fourth-order valence-corrected chi connectivity index (χ4v) is 3.62. The van der Waals surface area contributed by atoms with E-state index in [1.165, 1.54) is 20.2 Å². The van der Waals surface area contributed by atoms with Gasteiger partial charge in [0.15, 0.2) is 6.61 Å². The summed E-state index contributed by atoms with van der Waals surface area (Å²) in [4.78, 5) is 12.3. The van der Waals surface area contributed by atoms with Crippen molar-refractivity contribution in [3.8, 4) is 5.75 Å². The zero-order chi connectivity index (χ0) is 19.3. The first-order chi connectivity index (χ1) is 12.2. The molecule has 0 fully saturated rings. The van der Waals surface area contributed by atoms with E-state index < -0.39 is 10.0 Å². The second-order valence-corrected chi connectivity index (χ2v) is 8.30. The maximum atomic E-state index is 12.4. The average molecular weight is 376 g/mol. The van der Waals surface area contributed by atoms with Crippen LogP contribution in [0.15, 0.2) is 47.4 Å². The van der Waals surface area contributed by atoms with Gasteiger partial charge in [0.1, 0.15) is 5.75 Å². The van der Waals surface area contributed by atoms with Crippen LogP contribution >= 0.6 is 0 Å². The zero-order valence-corrected chi connectivity index (χ0v) is 16.3. The number of carbonyl (C=O) groups is 1. The number of amides is 1. The van der Waals surface area contributed by atoms with Gasteiger partial charge in [-0.3, -0.25) is 4.79 Å². The van der Waals surface area contributed by atoms with Crippen LogP contribution in [0.2, 0.25) is 0 Å². The smallest absolute Gasteiger partial charge is 0.258 e. The minimum atomic E-state index is -3.57. The Kier molecular flexibility index (Phi) is 6.39. The number of hydrogen-bond donors (Lipinski definition) is 1. The van der Waals surface area contributed by atoms with Crippen LogP contribution in [0.25, 0.3) is 0 Å². The average Bonchev–Trinajstić information content (AvgIpc) is 2.59. The van der Waals surface area contributed by atoms with Crippen molar-refractivity contribution in [2.75, 3.05) is 20.7 Å². The standard InChI is InChI=1S/C19H24N2O4S/c1-14-8-7-9-15(2)19(14)25-13-18(22)20-12-16-10-5-6-11-17(16)26(23,24)21(3)4/h5-11H,12-13H2,1-4H3,(H,20,22). The lowest BCUT2D eigenvalue weighted by molar-refractivity contribution is -0.123. The molecule has 7 heteroatoms. The molecule has 0 saturated carbocycles. The van der Waals surface area contributed by atoms with Gasteiger partial charge in [-0.2, -0.15) is 0 Å². The molecule has 0 bridgehead atoms. The molecule has 26 heavy (non-hydrogen) atoms. The van der Waals surface area contributed by atoms with E-state index in [1.54, 1.807) is 18.2 Å². The minimum Gasteiger partial charge on any atom is -0.483 e. The summed E-state index contributed by atoms with van der Waals surface area (Å²) in [6.45, 7) is 3.82. The third-order valence-electron chi connectivity index (χ3n) is 3.96. The maximum Gasteiger partial charge on any atom is 0.258 e. The number of hydrogen-bond acceptors (Lipinski definition) is 4. The number of rotatable bonds is 7. The number of nitrogens with zero attached hydrogens (tertiary/aromatic N) is 1. The Hall–Kier alpha value is -2.38. The van der Waals surface area contributed by atoms with Gasteiger partial charge in [0.05, 0.1) is 4.90 Å². The third kappa shape index (κ3) is 4.62. The van der Waals surface area contributed by atoms with Crippen molar-refractivity contribution < 1.29 is 17.9 Å². The van der Waals surface area contributed by atoms with Crippen molar-refractivity contribution in [1.82, 2.24) is 9.62 Å².